The Kier molecular flexibility index (Phi) is 5.60. The molecule has 0 radical (unpaired) electrons. The predicted molar refractivity (Wildman–Crippen MR) is 106 cm³/mol. The Bertz CT molecular complexity index is 958. The van der Waals surface area contributed by atoms with Crippen LogP contribution in [0.25, 0.3) is 0 Å². The molecular formula is C20H18N2O5S. The van der Waals surface area contributed by atoms with Crippen molar-refractivity contribution in [2.24, 2.45) is 0 Å². The van der Waals surface area contributed by atoms with E-state index < -0.39 is 18.1 Å². The van der Waals surface area contributed by atoms with Crippen LogP contribution in [-0.4, -0.2) is 32.3 Å². The van der Waals surface area contributed by atoms with Gasteiger partial charge in [-0.1, -0.05) is 48.5 Å². The van der Waals surface area contributed by atoms with Crippen molar-refractivity contribution in [3.05, 3.63) is 77.0 Å². The van der Waals surface area contributed by atoms with Gasteiger partial charge in [0, 0.05) is 11.3 Å². The SMILES string of the molecule is CC1=C(C(=O)O)C(c2ccccc2OCc2ccccc2)N(C(=O)O)C(=S)N1. The quantitative estimate of drug-likeness (QED) is 0.663. The second kappa shape index (κ2) is 8.10. The average molecular weight is 398 g/mol. The summed E-state index contributed by atoms with van der Waals surface area (Å²) in [7, 11) is 0. The number of carboxylic acid groups (broad SMARTS) is 2. The first-order chi connectivity index (χ1) is 13.4. The van der Waals surface area contributed by atoms with Gasteiger partial charge in [-0.15, -0.1) is 0 Å². The van der Waals surface area contributed by atoms with Crippen LogP contribution in [0.1, 0.15) is 24.1 Å². The van der Waals surface area contributed by atoms with E-state index in [1.807, 2.05) is 30.3 Å². The molecule has 1 aliphatic heterocycles. The molecule has 28 heavy (non-hydrogen) atoms. The van der Waals surface area contributed by atoms with Crippen molar-refractivity contribution in [3.63, 3.8) is 0 Å². The van der Waals surface area contributed by atoms with Crippen molar-refractivity contribution in [1.29, 1.82) is 0 Å². The van der Waals surface area contributed by atoms with Crippen LogP contribution in [0.4, 0.5) is 4.79 Å². The minimum Gasteiger partial charge on any atom is -0.489 e. The molecule has 0 saturated heterocycles. The van der Waals surface area contributed by atoms with Crippen molar-refractivity contribution in [3.8, 4) is 5.75 Å². The van der Waals surface area contributed by atoms with Gasteiger partial charge in [0.1, 0.15) is 18.4 Å². The van der Waals surface area contributed by atoms with E-state index in [4.69, 9.17) is 17.0 Å². The summed E-state index contributed by atoms with van der Waals surface area (Å²) in [6, 6.07) is 15.1. The smallest absolute Gasteiger partial charge is 0.414 e. The number of amides is 1. The van der Waals surface area contributed by atoms with E-state index in [2.05, 4.69) is 5.32 Å². The number of thiocarbonyl (C=S) groups is 1. The molecule has 0 aliphatic carbocycles. The topological polar surface area (TPSA) is 99.1 Å². The van der Waals surface area contributed by atoms with Crippen LogP contribution in [0.2, 0.25) is 0 Å². The third-order valence-electron chi connectivity index (χ3n) is 4.34. The van der Waals surface area contributed by atoms with Crippen molar-refractivity contribution in [2.75, 3.05) is 0 Å². The summed E-state index contributed by atoms with van der Waals surface area (Å²) in [6.07, 6.45) is -1.35. The third kappa shape index (κ3) is 3.81. The fraction of sp³-hybridized carbons (Fsp3) is 0.150. The van der Waals surface area contributed by atoms with Gasteiger partial charge in [0.2, 0.25) is 0 Å². The Morgan fingerprint density at radius 2 is 1.75 bits per heavy atom. The van der Waals surface area contributed by atoms with E-state index in [1.165, 1.54) is 0 Å². The standard InChI is InChI=1S/C20H18N2O5S/c1-12-16(18(23)24)17(22(20(25)26)19(28)21-12)14-9-5-6-10-15(14)27-11-13-7-3-2-4-8-13/h2-10,17H,11H2,1H3,(H,21,28)(H,23,24)(H,25,26). The molecule has 2 aromatic carbocycles. The minimum absolute atomic E-state index is 0.0853. The van der Waals surface area contributed by atoms with Gasteiger partial charge in [-0.3, -0.25) is 0 Å². The number of nitrogens with zero attached hydrogens (tertiary/aromatic N) is 1. The Morgan fingerprint density at radius 3 is 2.39 bits per heavy atom. The molecule has 8 heteroatoms. The lowest BCUT2D eigenvalue weighted by molar-refractivity contribution is -0.133. The van der Waals surface area contributed by atoms with E-state index in [0.29, 0.717) is 11.3 Å². The first-order valence-electron chi connectivity index (χ1n) is 8.43. The minimum atomic E-state index is -1.35. The highest BCUT2D eigenvalue weighted by molar-refractivity contribution is 7.80. The zero-order valence-corrected chi connectivity index (χ0v) is 15.8. The highest BCUT2D eigenvalue weighted by Gasteiger charge is 2.40. The molecule has 144 valence electrons. The van der Waals surface area contributed by atoms with Gasteiger partial charge in [0.25, 0.3) is 0 Å². The Labute approximate surface area is 166 Å². The molecule has 3 N–H and O–H groups in total. The number of para-hydroxylation sites is 1. The molecule has 1 amide bonds. The largest absolute Gasteiger partial charge is 0.489 e. The van der Waals surface area contributed by atoms with Crippen LogP contribution < -0.4 is 10.1 Å². The summed E-state index contributed by atoms with van der Waals surface area (Å²) in [5.74, 6) is -0.847. The summed E-state index contributed by atoms with van der Waals surface area (Å²) in [5, 5.41) is 22.0. The number of hydrogen-bond acceptors (Lipinski definition) is 4. The van der Waals surface area contributed by atoms with E-state index in [0.717, 1.165) is 10.5 Å². The molecule has 0 saturated carbocycles. The number of carboxylic acids is 1. The number of carbonyl (C=O) groups is 2. The number of ether oxygens (including phenoxy) is 1. The Morgan fingerprint density at radius 1 is 1.11 bits per heavy atom. The van der Waals surface area contributed by atoms with Crippen LogP contribution in [0, 0.1) is 0 Å². The maximum absolute atomic E-state index is 11.9. The zero-order chi connectivity index (χ0) is 20.3. The van der Waals surface area contributed by atoms with Crippen molar-refractivity contribution in [2.45, 2.75) is 19.6 Å². The average Bonchev–Trinajstić information content (AvgIpc) is 2.66. The molecule has 1 heterocycles. The Balaban J connectivity index is 2.06. The Hall–Kier alpha value is -3.39. The van der Waals surface area contributed by atoms with Crippen molar-refractivity contribution in [1.82, 2.24) is 10.2 Å². The lowest BCUT2D eigenvalue weighted by Crippen LogP contribution is -2.50. The van der Waals surface area contributed by atoms with Gasteiger partial charge in [0.05, 0.1) is 5.57 Å². The lowest BCUT2D eigenvalue weighted by atomic mass is 9.93. The molecule has 2 aromatic rings. The van der Waals surface area contributed by atoms with Crippen LogP contribution in [-0.2, 0) is 11.4 Å². The van der Waals surface area contributed by atoms with Crippen molar-refractivity contribution >= 4 is 29.4 Å². The highest BCUT2D eigenvalue weighted by atomic mass is 32.1. The third-order valence-corrected chi connectivity index (χ3v) is 4.63. The maximum Gasteiger partial charge on any atom is 0.414 e. The van der Waals surface area contributed by atoms with E-state index >= 15 is 0 Å². The molecule has 3 rings (SSSR count). The number of nitrogens with one attached hydrogen (secondary N) is 1. The first-order valence-corrected chi connectivity index (χ1v) is 8.83. The normalized spacial score (nSPS) is 16.5. The van der Waals surface area contributed by atoms with Gasteiger partial charge < -0.3 is 20.3 Å². The maximum atomic E-state index is 11.9. The highest BCUT2D eigenvalue weighted by Crippen LogP contribution is 2.38. The van der Waals surface area contributed by atoms with Gasteiger partial charge >= 0.3 is 12.1 Å². The van der Waals surface area contributed by atoms with Gasteiger partial charge in [-0.2, -0.15) is 0 Å². The van der Waals surface area contributed by atoms with Crippen LogP contribution in [0.15, 0.2) is 65.9 Å². The number of allylic oxidation sites excluding steroid dienone is 1. The number of benzene rings is 2. The van der Waals surface area contributed by atoms with E-state index in [1.54, 1.807) is 31.2 Å². The second-order valence-corrected chi connectivity index (χ2v) is 6.53. The van der Waals surface area contributed by atoms with Gasteiger partial charge in [0.15, 0.2) is 5.11 Å². The van der Waals surface area contributed by atoms with Crippen molar-refractivity contribution < 1.29 is 24.5 Å². The molecule has 0 bridgehead atoms. The van der Waals surface area contributed by atoms with Crippen LogP contribution in [0.5, 0.6) is 5.75 Å². The summed E-state index contributed by atoms with van der Waals surface area (Å²) < 4.78 is 5.90. The van der Waals surface area contributed by atoms with Crippen LogP contribution >= 0.6 is 12.2 Å². The summed E-state index contributed by atoms with van der Waals surface area (Å²) in [6.45, 7) is 1.81. The molecule has 1 atom stereocenters. The molecule has 0 fully saturated rings. The lowest BCUT2D eigenvalue weighted by Gasteiger charge is -2.36. The number of hydrogen-bond donors (Lipinski definition) is 3. The number of aliphatic carboxylic acids is 1. The van der Waals surface area contributed by atoms with E-state index in [-0.39, 0.29) is 23.0 Å². The van der Waals surface area contributed by atoms with Gasteiger partial charge in [-0.05, 0) is 30.8 Å². The molecule has 1 unspecified atom stereocenters. The molecule has 7 nitrogen and oxygen atoms in total. The first kappa shape index (κ1) is 19.4. The monoisotopic (exact) mass is 398 g/mol. The van der Waals surface area contributed by atoms with E-state index in [9.17, 15) is 19.8 Å². The molecule has 0 spiro atoms. The summed E-state index contributed by atoms with van der Waals surface area (Å²) in [5.41, 5.74) is 1.52. The summed E-state index contributed by atoms with van der Waals surface area (Å²) >= 11 is 5.15. The molecule has 1 aliphatic rings. The molecular weight excluding hydrogens is 380 g/mol. The fourth-order valence-corrected chi connectivity index (χ4v) is 3.42. The fourth-order valence-electron chi connectivity index (χ4n) is 3.08. The summed E-state index contributed by atoms with van der Waals surface area (Å²) in [4.78, 5) is 24.6. The molecule has 0 aromatic heterocycles. The predicted octanol–water partition coefficient (Wildman–Crippen LogP) is 3.53. The second-order valence-electron chi connectivity index (χ2n) is 6.14. The number of rotatable bonds is 5. The van der Waals surface area contributed by atoms with Gasteiger partial charge in [-0.25, -0.2) is 14.5 Å². The zero-order valence-electron chi connectivity index (χ0n) is 15.0. The van der Waals surface area contributed by atoms with Crippen LogP contribution in [0.3, 0.4) is 0 Å².